The average Bonchev–Trinajstić information content (AvgIpc) is 3.19. The highest BCUT2D eigenvalue weighted by Crippen LogP contribution is 2.30. The largest absolute Gasteiger partial charge is 0.424 e. The molecule has 9 heteroatoms. The van der Waals surface area contributed by atoms with Gasteiger partial charge in [0.2, 0.25) is 27.7 Å². The molecule has 0 fully saturated rings. The van der Waals surface area contributed by atoms with Gasteiger partial charge in [0, 0.05) is 25.1 Å². The smallest absolute Gasteiger partial charge is 0.241 e. The fourth-order valence-corrected chi connectivity index (χ4v) is 3.71. The van der Waals surface area contributed by atoms with E-state index in [9.17, 15) is 13.2 Å². The van der Waals surface area contributed by atoms with Crippen molar-refractivity contribution in [2.75, 3.05) is 11.4 Å². The Bertz CT molecular complexity index is 905. The Morgan fingerprint density at radius 3 is 2.76 bits per heavy atom. The Morgan fingerprint density at radius 1 is 1.36 bits per heavy atom. The molecule has 0 aliphatic carbocycles. The van der Waals surface area contributed by atoms with Crippen LogP contribution in [0.5, 0.6) is 0 Å². The molecule has 0 radical (unpaired) electrons. The predicted octanol–water partition coefficient (Wildman–Crippen LogP) is 1.58. The zero-order valence-corrected chi connectivity index (χ0v) is 15.1. The third-order valence-electron chi connectivity index (χ3n) is 4.03. The van der Waals surface area contributed by atoms with Gasteiger partial charge in [-0.05, 0) is 30.2 Å². The van der Waals surface area contributed by atoms with E-state index < -0.39 is 10.0 Å². The summed E-state index contributed by atoms with van der Waals surface area (Å²) in [5, 5.41) is 7.71. The second-order valence-electron chi connectivity index (χ2n) is 6.22. The standard InChI is InChI=1S/C16H20N4O4S/c1-10(2)16-19-18-15(24-16)9-17-25(22,23)13-4-5-14-12(8-13)6-7-20(14)11(3)21/h4-5,8,10,17H,6-7,9H2,1-3H3. The Balaban J connectivity index is 1.75. The third-order valence-corrected chi connectivity index (χ3v) is 5.43. The van der Waals surface area contributed by atoms with Crippen LogP contribution >= 0.6 is 0 Å². The number of amides is 1. The highest BCUT2D eigenvalue weighted by Gasteiger charge is 2.25. The number of carbonyl (C=O) groups is 1. The number of nitrogens with one attached hydrogen (secondary N) is 1. The molecule has 1 aromatic heterocycles. The average molecular weight is 364 g/mol. The van der Waals surface area contributed by atoms with Crippen LogP contribution in [0.2, 0.25) is 0 Å². The van der Waals surface area contributed by atoms with Gasteiger partial charge in [0.25, 0.3) is 0 Å². The molecule has 0 saturated heterocycles. The van der Waals surface area contributed by atoms with Crippen molar-refractivity contribution in [2.24, 2.45) is 0 Å². The minimum atomic E-state index is -3.71. The van der Waals surface area contributed by atoms with Crippen LogP contribution in [0.3, 0.4) is 0 Å². The number of carbonyl (C=O) groups excluding carboxylic acids is 1. The molecule has 0 unspecified atom stereocenters. The zero-order valence-electron chi connectivity index (χ0n) is 14.3. The number of rotatable bonds is 5. The van der Waals surface area contributed by atoms with Gasteiger partial charge in [-0.2, -0.15) is 0 Å². The first-order chi connectivity index (χ1) is 11.8. The van der Waals surface area contributed by atoms with E-state index in [0.29, 0.717) is 18.9 Å². The van der Waals surface area contributed by atoms with Gasteiger partial charge in [-0.1, -0.05) is 13.8 Å². The van der Waals surface area contributed by atoms with Crippen LogP contribution in [0.1, 0.15) is 44.0 Å². The van der Waals surface area contributed by atoms with Gasteiger partial charge in [-0.15, -0.1) is 10.2 Å². The van der Waals surface area contributed by atoms with Crippen LogP contribution in [-0.2, 0) is 27.8 Å². The number of nitrogens with zero attached hydrogens (tertiary/aromatic N) is 3. The van der Waals surface area contributed by atoms with Gasteiger partial charge >= 0.3 is 0 Å². The summed E-state index contributed by atoms with van der Waals surface area (Å²) in [4.78, 5) is 13.4. The second kappa shape index (κ2) is 6.57. The van der Waals surface area contributed by atoms with E-state index in [4.69, 9.17) is 4.42 Å². The van der Waals surface area contributed by atoms with Crippen molar-refractivity contribution in [3.63, 3.8) is 0 Å². The molecule has 2 heterocycles. The molecule has 1 N–H and O–H groups in total. The zero-order chi connectivity index (χ0) is 18.2. The van der Waals surface area contributed by atoms with E-state index in [2.05, 4.69) is 14.9 Å². The van der Waals surface area contributed by atoms with E-state index >= 15 is 0 Å². The molecule has 0 spiro atoms. The summed E-state index contributed by atoms with van der Waals surface area (Å²) >= 11 is 0. The van der Waals surface area contributed by atoms with Crippen molar-refractivity contribution in [1.29, 1.82) is 0 Å². The fourth-order valence-electron chi connectivity index (χ4n) is 2.68. The molecule has 8 nitrogen and oxygen atoms in total. The lowest BCUT2D eigenvalue weighted by Crippen LogP contribution is -2.26. The lowest BCUT2D eigenvalue weighted by atomic mass is 10.2. The summed E-state index contributed by atoms with van der Waals surface area (Å²) in [5.74, 6) is 0.718. The van der Waals surface area contributed by atoms with E-state index in [1.807, 2.05) is 13.8 Å². The summed E-state index contributed by atoms with van der Waals surface area (Å²) in [5.41, 5.74) is 1.61. The molecule has 1 aromatic carbocycles. The molecule has 1 amide bonds. The van der Waals surface area contributed by atoms with Crippen molar-refractivity contribution in [1.82, 2.24) is 14.9 Å². The summed E-state index contributed by atoms with van der Waals surface area (Å²) in [6.07, 6.45) is 0.639. The van der Waals surface area contributed by atoms with Gasteiger partial charge in [0.15, 0.2) is 0 Å². The van der Waals surface area contributed by atoms with Crippen LogP contribution in [0.15, 0.2) is 27.5 Å². The maximum atomic E-state index is 12.5. The normalized spacial score (nSPS) is 14.2. The molecule has 1 aliphatic rings. The molecule has 0 saturated carbocycles. The highest BCUT2D eigenvalue weighted by molar-refractivity contribution is 7.89. The van der Waals surface area contributed by atoms with Crippen LogP contribution in [0.25, 0.3) is 0 Å². The number of hydrogen-bond donors (Lipinski definition) is 1. The van der Waals surface area contributed by atoms with Crippen LogP contribution in [0, 0.1) is 0 Å². The Morgan fingerprint density at radius 2 is 2.12 bits per heavy atom. The predicted molar refractivity (Wildman–Crippen MR) is 90.6 cm³/mol. The molecular weight excluding hydrogens is 344 g/mol. The topological polar surface area (TPSA) is 105 Å². The van der Waals surface area contributed by atoms with E-state index in [0.717, 1.165) is 11.3 Å². The molecule has 134 valence electrons. The lowest BCUT2D eigenvalue weighted by Gasteiger charge is -2.15. The monoisotopic (exact) mass is 364 g/mol. The van der Waals surface area contributed by atoms with Crippen LogP contribution < -0.4 is 9.62 Å². The molecule has 25 heavy (non-hydrogen) atoms. The first kappa shape index (κ1) is 17.6. The van der Waals surface area contributed by atoms with Crippen molar-refractivity contribution >= 4 is 21.6 Å². The minimum Gasteiger partial charge on any atom is -0.424 e. The number of fused-ring (bicyclic) bond motifs is 1. The Hall–Kier alpha value is -2.26. The van der Waals surface area contributed by atoms with E-state index in [-0.39, 0.29) is 29.2 Å². The third kappa shape index (κ3) is 3.57. The molecule has 3 rings (SSSR count). The number of benzene rings is 1. The van der Waals surface area contributed by atoms with Crippen molar-refractivity contribution < 1.29 is 17.6 Å². The first-order valence-corrected chi connectivity index (χ1v) is 9.49. The van der Waals surface area contributed by atoms with Crippen molar-refractivity contribution in [3.8, 4) is 0 Å². The Kier molecular flexibility index (Phi) is 4.61. The maximum Gasteiger partial charge on any atom is 0.241 e. The molecule has 0 bridgehead atoms. The summed E-state index contributed by atoms with van der Waals surface area (Å²) < 4.78 is 32.8. The van der Waals surface area contributed by atoms with Gasteiger partial charge in [0.1, 0.15) is 0 Å². The SMILES string of the molecule is CC(=O)N1CCc2cc(S(=O)(=O)NCc3nnc(C(C)C)o3)ccc21. The minimum absolute atomic E-state index is 0.0511. The van der Waals surface area contributed by atoms with Crippen LogP contribution in [-0.4, -0.2) is 31.1 Å². The van der Waals surface area contributed by atoms with Crippen molar-refractivity contribution in [3.05, 3.63) is 35.5 Å². The second-order valence-corrected chi connectivity index (χ2v) is 7.99. The highest BCUT2D eigenvalue weighted by atomic mass is 32.2. The molecule has 2 aromatic rings. The summed E-state index contributed by atoms with van der Waals surface area (Å²) in [6.45, 7) is 5.82. The number of hydrogen-bond acceptors (Lipinski definition) is 6. The maximum absolute atomic E-state index is 12.5. The van der Waals surface area contributed by atoms with Gasteiger partial charge < -0.3 is 9.32 Å². The Labute approximate surface area is 146 Å². The summed E-state index contributed by atoms with van der Waals surface area (Å²) in [6, 6.07) is 4.77. The summed E-state index contributed by atoms with van der Waals surface area (Å²) in [7, 11) is -3.71. The quantitative estimate of drug-likeness (QED) is 0.863. The molecular formula is C16H20N4O4S. The van der Waals surface area contributed by atoms with Gasteiger partial charge in [0.05, 0.1) is 11.4 Å². The van der Waals surface area contributed by atoms with Crippen LogP contribution in [0.4, 0.5) is 5.69 Å². The first-order valence-electron chi connectivity index (χ1n) is 8.01. The fraction of sp³-hybridized carbons (Fsp3) is 0.438. The number of sulfonamides is 1. The molecule has 0 atom stereocenters. The van der Waals surface area contributed by atoms with Crippen molar-refractivity contribution in [2.45, 2.75) is 44.6 Å². The van der Waals surface area contributed by atoms with Gasteiger partial charge in [-0.3, -0.25) is 4.79 Å². The number of anilines is 1. The van der Waals surface area contributed by atoms with E-state index in [1.54, 1.807) is 17.0 Å². The van der Waals surface area contributed by atoms with E-state index in [1.165, 1.54) is 13.0 Å². The number of aromatic nitrogens is 2. The lowest BCUT2D eigenvalue weighted by molar-refractivity contribution is -0.116. The molecule has 1 aliphatic heterocycles. The van der Waals surface area contributed by atoms with Gasteiger partial charge in [-0.25, -0.2) is 13.1 Å².